The van der Waals surface area contributed by atoms with E-state index in [-0.39, 0.29) is 5.91 Å². The number of fused-ring (bicyclic) bond motifs is 1. The maximum atomic E-state index is 12.3. The number of nitrogens with two attached hydrogens (primary N) is 1. The van der Waals surface area contributed by atoms with E-state index >= 15 is 0 Å². The van der Waals surface area contributed by atoms with Gasteiger partial charge in [-0.3, -0.25) is 4.79 Å². The number of thiophene rings is 1. The zero-order chi connectivity index (χ0) is 14.8. The molecule has 0 radical (unpaired) electrons. The minimum absolute atomic E-state index is 0.176. The van der Waals surface area contributed by atoms with E-state index < -0.39 is 0 Å². The van der Waals surface area contributed by atoms with Crippen molar-refractivity contribution in [2.75, 3.05) is 5.73 Å². The molecule has 0 aliphatic carbocycles. The van der Waals surface area contributed by atoms with Crippen LogP contribution in [0.1, 0.15) is 20.9 Å². The van der Waals surface area contributed by atoms with Gasteiger partial charge in [-0.1, -0.05) is 11.6 Å². The molecule has 21 heavy (non-hydrogen) atoms. The highest BCUT2D eigenvalue weighted by Crippen LogP contribution is 2.34. The molecule has 106 valence electrons. The fourth-order valence-corrected chi connectivity index (χ4v) is 3.09. The van der Waals surface area contributed by atoms with Crippen LogP contribution in [-0.2, 0) is 6.54 Å². The van der Waals surface area contributed by atoms with Crippen molar-refractivity contribution in [3.63, 3.8) is 0 Å². The summed E-state index contributed by atoms with van der Waals surface area (Å²) in [6.07, 6.45) is 3.10. The predicted octanol–water partition coefficient (Wildman–Crippen LogP) is 2.51. The molecule has 6 heteroatoms. The van der Waals surface area contributed by atoms with Gasteiger partial charge in [0.25, 0.3) is 5.91 Å². The summed E-state index contributed by atoms with van der Waals surface area (Å²) in [7, 11) is 0. The number of nitrogen functional groups attached to an aromatic ring is 1. The van der Waals surface area contributed by atoms with Crippen LogP contribution in [-0.4, -0.2) is 15.9 Å². The molecule has 0 bridgehead atoms. The molecule has 0 fully saturated rings. The summed E-state index contributed by atoms with van der Waals surface area (Å²) in [5, 5.41) is 3.77. The van der Waals surface area contributed by atoms with Crippen LogP contribution in [0.15, 0.2) is 36.8 Å². The Labute approximate surface area is 125 Å². The largest absolute Gasteiger partial charge is 0.397 e. The number of aromatic nitrogens is 2. The highest BCUT2D eigenvalue weighted by atomic mass is 32.1. The Morgan fingerprint density at radius 1 is 1.38 bits per heavy atom. The van der Waals surface area contributed by atoms with Crippen molar-refractivity contribution in [3.05, 3.63) is 52.9 Å². The molecule has 3 N–H and O–H groups in total. The van der Waals surface area contributed by atoms with Crippen molar-refractivity contribution in [1.29, 1.82) is 0 Å². The molecule has 0 unspecified atom stereocenters. The van der Waals surface area contributed by atoms with Gasteiger partial charge in [-0.2, -0.15) is 0 Å². The molecule has 2 heterocycles. The number of carbonyl (C=O) groups excluding carboxylic acids is 1. The molecule has 0 atom stereocenters. The monoisotopic (exact) mass is 298 g/mol. The number of rotatable bonds is 3. The topological polar surface area (TPSA) is 80.9 Å². The molecule has 3 aromatic rings. The summed E-state index contributed by atoms with van der Waals surface area (Å²) in [5.41, 5.74) is 8.53. The van der Waals surface area contributed by atoms with Crippen LogP contribution >= 0.6 is 11.3 Å². The second-order valence-corrected chi connectivity index (χ2v) is 5.78. The third kappa shape index (κ3) is 2.71. The minimum atomic E-state index is -0.176. The summed E-state index contributed by atoms with van der Waals surface area (Å²) < 4.78 is 1.02. The number of anilines is 1. The first-order valence-electron chi connectivity index (χ1n) is 6.47. The molecular formula is C15H14N4OS. The van der Waals surface area contributed by atoms with Crippen LogP contribution in [0.5, 0.6) is 0 Å². The van der Waals surface area contributed by atoms with Gasteiger partial charge in [-0.15, -0.1) is 11.3 Å². The van der Waals surface area contributed by atoms with Crippen LogP contribution in [0.4, 0.5) is 5.69 Å². The lowest BCUT2D eigenvalue weighted by atomic mass is 10.1. The van der Waals surface area contributed by atoms with Gasteiger partial charge >= 0.3 is 0 Å². The van der Waals surface area contributed by atoms with Crippen LogP contribution in [0.25, 0.3) is 10.1 Å². The minimum Gasteiger partial charge on any atom is -0.397 e. The summed E-state index contributed by atoms with van der Waals surface area (Å²) >= 11 is 1.41. The van der Waals surface area contributed by atoms with E-state index in [4.69, 9.17) is 5.73 Å². The molecule has 0 aliphatic heterocycles. The molecule has 1 amide bonds. The first-order chi connectivity index (χ1) is 10.1. The smallest absolute Gasteiger partial charge is 0.263 e. The third-order valence-corrected chi connectivity index (χ3v) is 4.35. The van der Waals surface area contributed by atoms with Crippen molar-refractivity contribution in [3.8, 4) is 0 Å². The Bertz CT molecular complexity index is 798. The van der Waals surface area contributed by atoms with Crippen LogP contribution < -0.4 is 11.1 Å². The molecule has 5 nitrogen and oxygen atoms in total. The molecule has 0 saturated carbocycles. The highest BCUT2D eigenvalue weighted by molar-refractivity contribution is 7.21. The molecule has 0 saturated heterocycles. The normalized spacial score (nSPS) is 10.7. The van der Waals surface area contributed by atoms with E-state index in [9.17, 15) is 4.79 Å². The highest BCUT2D eigenvalue weighted by Gasteiger charge is 2.16. The van der Waals surface area contributed by atoms with Gasteiger partial charge in [0, 0.05) is 16.3 Å². The lowest BCUT2D eigenvalue weighted by Crippen LogP contribution is -2.23. The Morgan fingerprint density at radius 3 is 3.00 bits per heavy atom. The lowest BCUT2D eigenvalue weighted by Gasteiger charge is -2.03. The Kier molecular flexibility index (Phi) is 3.53. The number of carbonyl (C=O) groups is 1. The van der Waals surface area contributed by atoms with Gasteiger partial charge in [0.1, 0.15) is 11.2 Å². The average Bonchev–Trinajstić information content (AvgIpc) is 2.83. The molecular weight excluding hydrogens is 284 g/mol. The summed E-state index contributed by atoms with van der Waals surface area (Å²) in [6.45, 7) is 2.36. The number of nitrogens with zero attached hydrogens (tertiary/aromatic N) is 2. The van der Waals surface area contributed by atoms with Crippen molar-refractivity contribution >= 4 is 33.0 Å². The van der Waals surface area contributed by atoms with E-state index in [1.54, 1.807) is 12.3 Å². The van der Waals surface area contributed by atoms with Crippen molar-refractivity contribution < 1.29 is 4.79 Å². The first-order valence-corrected chi connectivity index (χ1v) is 7.28. The zero-order valence-electron chi connectivity index (χ0n) is 11.5. The molecule has 1 aromatic carbocycles. The number of nitrogens with one attached hydrogen (secondary N) is 1. The number of hydrogen-bond donors (Lipinski definition) is 2. The second kappa shape index (κ2) is 5.49. The van der Waals surface area contributed by atoms with Crippen LogP contribution in [0.3, 0.4) is 0 Å². The SMILES string of the molecule is Cc1ccc2sc(C(=O)NCc3ccncn3)c(N)c2c1. The fourth-order valence-electron chi connectivity index (χ4n) is 2.07. The lowest BCUT2D eigenvalue weighted by molar-refractivity contribution is 0.0955. The zero-order valence-corrected chi connectivity index (χ0v) is 12.3. The Hall–Kier alpha value is -2.47. The molecule has 2 aromatic heterocycles. The molecule has 0 aliphatic rings. The summed E-state index contributed by atoms with van der Waals surface area (Å²) in [5.74, 6) is -0.176. The van der Waals surface area contributed by atoms with Gasteiger partial charge in [0.05, 0.1) is 17.9 Å². The first kappa shape index (κ1) is 13.5. The third-order valence-electron chi connectivity index (χ3n) is 3.16. The van der Waals surface area contributed by atoms with Gasteiger partial charge in [0.2, 0.25) is 0 Å². The van der Waals surface area contributed by atoms with Crippen LogP contribution in [0.2, 0.25) is 0 Å². The van der Waals surface area contributed by atoms with Crippen molar-refractivity contribution in [2.24, 2.45) is 0 Å². The van der Waals surface area contributed by atoms with Crippen molar-refractivity contribution in [1.82, 2.24) is 15.3 Å². The Morgan fingerprint density at radius 2 is 2.24 bits per heavy atom. The average molecular weight is 298 g/mol. The summed E-state index contributed by atoms with van der Waals surface area (Å²) in [6, 6.07) is 7.77. The fraction of sp³-hybridized carbons (Fsp3) is 0.133. The van der Waals surface area contributed by atoms with Gasteiger partial charge < -0.3 is 11.1 Å². The van der Waals surface area contributed by atoms with E-state index in [0.717, 1.165) is 21.3 Å². The van der Waals surface area contributed by atoms with E-state index in [1.807, 2.05) is 25.1 Å². The quantitative estimate of drug-likeness (QED) is 0.778. The maximum absolute atomic E-state index is 12.3. The van der Waals surface area contributed by atoms with Crippen LogP contribution in [0, 0.1) is 6.92 Å². The molecule has 3 rings (SSSR count). The second-order valence-electron chi connectivity index (χ2n) is 4.73. The van der Waals surface area contributed by atoms with Crippen molar-refractivity contribution in [2.45, 2.75) is 13.5 Å². The maximum Gasteiger partial charge on any atom is 0.263 e. The van der Waals surface area contributed by atoms with Gasteiger partial charge in [-0.25, -0.2) is 9.97 Å². The standard InChI is InChI=1S/C15H14N4OS/c1-9-2-3-12-11(6-9)13(16)14(21-12)15(20)18-7-10-4-5-17-8-19-10/h2-6,8H,7,16H2,1H3,(H,18,20). The number of benzene rings is 1. The van der Waals surface area contributed by atoms with E-state index in [2.05, 4.69) is 15.3 Å². The number of aryl methyl sites for hydroxylation is 1. The van der Waals surface area contributed by atoms with E-state index in [0.29, 0.717) is 17.1 Å². The van der Waals surface area contributed by atoms with E-state index in [1.165, 1.54) is 17.7 Å². The predicted molar refractivity (Wildman–Crippen MR) is 84.2 cm³/mol. The van der Waals surface area contributed by atoms with Gasteiger partial charge in [-0.05, 0) is 25.1 Å². The number of hydrogen-bond acceptors (Lipinski definition) is 5. The number of amides is 1. The Balaban J connectivity index is 1.83. The summed E-state index contributed by atoms with van der Waals surface area (Å²) in [4.78, 5) is 20.7. The van der Waals surface area contributed by atoms with Gasteiger partial charge in [0.15, 0.2) is 0 Å². The molecule has 0 spiro atoms.